The average Bonchev–Trinajstić information content (AvgIpc) is 3.06. The molecule has 0 saturated carbocycles. The number of anilines is 2. The Morgan fingerprint density at radius 1 is 1.03 bits per heavy atom. The topological polar surface area (TPSA) is 91.0 Å². The van der Waals surface area contributed by atoms with Gasteiger partial charge >= 0.3 is 6.03 Å². The van der Waals surface area contributed by atoms with Gasteiger partial charge in [0, 0.05) is 37.1 Å². The third-order valence-electron chi connectivity index (χ3n) is 4.52. The van der Waals surface area contributed by atoms with E-state index in [1.54, 1.807) is 54.4 Å². The van der Waals surface area contributed by atoms with Crippen molar-refractivity contribution in [2.75, 3.05) is 44.4 Å². The molecular formula is C20H23BN4O4. The van der Waals surface area contributed by atoms with Crippen molar-refractivity contribution in [3.63, 3.8) is 0 Å². The highest BCUT2D eigenvalue weighted by molar-refractivity contribution is 6.05. The minimum absolute atomic E-state index is 0.0282. The van der Waals surface area contributed by atoms with Crippen LogP contribution >= 0.6 is 0 Å². The molecule has 150 valence electrons. The summed E-state index contributed by atoms with van der Waals surface area (Å²) in [6, 6.07) is 11.2. The lowest BCUT2D eigenvalue weighted by Gasteiger charge is -2.20. The lowest BCUT2D eigenvalue weighted by atomic mass is 10.1. The first-order chi connectivity index (χ1) is 13.8. The van der Waals surface area contributed by atoms with Gasteiger partial charge in [0.15, 0.2) is 14.6 Å². The number of benzene rings is 2. The molecule has 9 heteroatoms. The smallest absolute Gasteiger partial charge is 0.323 e. The molecule has 0 aliphatic carbocycles. The summed E-state index contributed by atoms with van der Waals surface area (Å²) in [6.07, 6.45) is 0. The van der Waals surface area contributed by atoms with Crippen molar-refractivity contribution < 1.29 is 19.1 Å². The number of likely N-dealkylation sites (N-methyl/N-ethyl adjacent to an activating group) is 2. The molecule has 0 saturated heterocycles. The normalized spacial score (nSPS) is 12.3. The van der Waals surface area contributed by atoms with E-state index >= 15 is 0 Å². The summed E-state index contributed by atoms with van der Waals surface area (Å²) in [4.78, 5) is 40.0. The van der Waals surface area contributed by atoms with E-state index in [-0.39, 0.29) is 18.3 Å². The summed E-state index contributed by atoms with van der Waals surface area (Å²) >= 11 is 0. The zero-order chi connectivity index (χ0) is 21.0. The van der Waals surface area contributed by atoms with Crippen molar-refractivity contribution in [1.29, 1.82) is 0 Å². The van der Waals surface area contributed by atoms with Crippen molar-refractivity contribution in [2.24, 2.45) is 0 Å². The Labute approximate surface area is 170 Å². The summed E-state index contributed by atoms with van der Waals surface area (Å²) in [5, 5.41) is 5.39. The first-order valence-corrected chi connectivity index (χ1v) is 9.22. The van der Waals surface area contributed by atoms with Gasteiger partial charge in [0.1, 0.15) is 5.75 Å². The second kappa shape index (κ2) is 8.79. The van der Waals surface area contributed by atoms with Gasteiger partial charge in [-0.2, -0.15) is 0 Å². The van der Waals surface area contributed by atoms with Crippen LogP contribution in [-0.4, -0.2) is 69.2 Å². The second-order valence-corrected chi connectivity index (χ2v) is 7.11. The summed E-state index contributed by atoms with van der Waals surface area (Å²) in [5.74, 6) is 0.338. The van der Waals surface area contributed by atoms with Crippen LogP contribution in [0, 0.1) is 0 Å². The third kappa shape index (κ3) is 5.14. The van der Waals surface area contributed by atoms with E-state index in [4.69, 9.17) is 4.74 Å². The second-order valence-electron chi connectivity index (χ2n) is 7.11. The molecule has 8 nitrogen and oxygen atoms in total. The Balaban J connectivity index is 1.57. The zero-order valence-electron chi connectivity index (χ0n) is 16.7. The molecule has 29 heavy (non-hydrogen) atoms. The molecule has 0 spiro atoms. The zero-order valence-corrected chi connectivity index (χ0v) is 16.7. The van der Waals surface area contributed by atoms with E-state index < -0.39 is 6.03 Å². The molecule has 3 rings (SSSR count). The van der Waals surface area contributed by atoms with Gasteiger partial charge in [-0.15, -0.1) is 0 Å². The number of Topliss-reactive ketones (excluding diaryl/α,β-unsaturated/α-hetero) is 1. The molecule has 2 aromatic carbocycles. The van der Waals surface area contributed by atoms with Gasteiger partial charge in [-0.25, -0.2) is 4.79 Å². The van der Waals surface area contributed by atoms with Crippen LogP contribution in [-0.2, 0) is 0 Å². The van der Waals surface area contributed by atoms with Crippen molar-refractivity contribution in [3.05, 3.63) is 53.6 Å². The molecule has 0 fully saturated rings. The van der Waals surface area contributed by atoms with Crippen molar-refractivity contribution >= 4 is 37.1 Å². The number of carbonyl (C=O) groups excluding carboxylic acids is 3. The van der Waals surface area contributed by atoms with E-state index in [2.05, 4.69) is 10.6 Å². The number of fused-ring (bicyclic) bond motifs is 1. The highest BCUT2D eigenvalue weighted by Crippen LogP contribution is 2.28. The number of nitrogens with one attached hydrogen (secondary N) is 2. The molecule has 3 amide bonds. The summed E-state index contributed by atoms with van der Waals surface area (Å²) in [6.45, 7) is 1.44. The largest absolute Gasteiger partial charge is 0.485 e. The number of ketones is 1. The molecule has 1 aliphatic heterocycles. The maximum atomic E-state index is 12.4. The molecule has 0 unspecified atom stereocenters. The number of rotatable bonds is 6. The SMILES string of the molecule is BN(C)CCN(C)C(=O)c1ccc(NC(=O)Nc2ccc3c(c2)C(=O)CO3)cc1. The lowest BCUT2D eigenvalue weighted by Crippen LogP contribution is -2.33. The minimum Gasteiger partial charge on any atom is -0.485 e. The molecule has 0 aromatic heterocycles. The number of hydrogen-bond donors (Lipinski definition) is 2. The molecular weight excluding hydrogens is 371 g/mol. The van der Waals surface area contributed by atoms with Gasteiger partial charge in [0.05, 0.1) is 5.56 Å². The maximum absolute atomic E-state index is 12.4. The first kappa shape index (κ1) is 20.4. The third-order valence-corrected chi connectivity index (χ3v) is 4.52. The molecule has 0 atom stereocenters. The molecule has 0 radical (unpaired) electrons. The van der Waals surface area contributed by atoms with Crippen LogP contribution in [0.15, 0.2) is 42.5 Å². The summed E-state index contributed by atoms with van der Waals surface area (Å²) in [5.41, 5.74) is 2.06. The first-order valence-electron chi connectivity index (χ1n) is 9.22. The van der Waals surface area contributed by atoms with Crippen LogP contribution < -0.4 is 15.4 Å². The highest BCUT2D eigenvalue weighted by atomic mass is 16.5. The summed E-state index contributed by atoms with van der Waals surface area (Å²) in [7, 11) is 5.67. The van der Waals surface area contributed by atoms with Gasteiger partial charge < -0.3 is 25.1 Å². The fourth-order valence-corrected chi connectivity index (χ4v) is 2.83. The van der Waals surface area contributed by atoms with Crippen molar-refractivity contribution in [3.8, 4) is 5.75 Å². The Hall–Kier alpha value is -3.33. The van der Waals surface area contributed by atoms with Gasteiger partial charge in [0.25, 0.3) is 5.91 Å². The number of hydrogen-bond acceptors (Lipinski definition) is 5. The lowest BCUT2D eigenvalue weighted by molar-refractivity contribution is 0.0791. The highest BCUT2D eigenvalue weighted by Gasteiger charge is 2.21. The van der Waals surface area contributed by atoms with Crippen LogP contribution in [0.2, 0.25) is 0 Å². The van der Waals surface area contributed by atoms with E-state index in [9.17, 15) is 14.4 Å². The van der Waals surface area contributed by atoms with E-state index in [0.29, 0.717) is 34.8 Å². The Morgan fingerprint density at radius 2 is 1.69 bits per heavy atom. The Morgan fingerprint density at radius 3 is 2.38 bits per heavy atom. The van der Waals surface area contributed by atoms with Crippen molar-refractivity contribution in [1.82, 2.24) is 9.71 Å². The molecule has 1 heterocycles. The Bertz CT molecular complexity index is 931. The van der Waals surface area contributed by atoms with E-state index in [1.165, 1.54) is 0 Å². The number of ether oxygens (including phenoxy) is 1. The molecule has 1 aliphatic rings. The van der Waals surface area contributed by atoms with Crippen LogP contribution in [0.25, 0.3) is 0 Å². The van der Waals surface area contributed by atoms with Gasteiger partial charge in [-0.3, -0.25) is 9.59 Å². The van der Waals surface area contributed by atoms with Gasteiger partial charge in [-0.05, 0) is 49.5 Å². The van der Waals surface area contributed by atoms with Gasteiger partial charge in [-0.1, -0.05) is 0 Å². The molecule has 0 bridgehead atoms. The maximum Gasteiger partial charge on any atom is 0.323 e. The number of amides is 3. The van der Waals surface area contributed by atoms with Crippen molar-refractivity contribution in [2.45, 2.75) is 0 Å². The average molecular weight is 394 g/mol. The standard InChI is InChI=1S/C20H23BN4O4/c1-24(9-10-25(2)21)19(27)13-3-5-14(6-4-13)22-20(28)23-15-7-8-18-16(11-15)17(26)12-29-18/h3-8,11H,9-10,12,21H2,1-2H3,(H2,22,23,28). The van der Waals surface area contributed by atoms with Crippen LogP contribution in [0.4, 0.5) is 16.2 Å². The van der Waals surface area contributed by atoms with E-state index in [1.807, 2.05) is 19.8 Å². The molecule has 2 aromatic rings. The number of urea groups is 1. The predicted octanol–water partition coefficient (Wildman–Crippen LogP) is 1.46. The Kier molecular flexibility index (Phi) is 6.18. The number of nitrogens with zero attached hydrogens (tertiary/aromatic N) is 2. The quantitative estimate of drug-likeness (QED) is 0.724. The fraction of sp³-hybridized carbons (Fsp3) is 0.250. The van der Waals surface area contributed by atoms with Gasteiger partial charge in [0.2, 0.25) is 5.78 Å². The minimum atomic E-state index is -0.446. The fourth-order valence-electron chi connectivity index (χ4n) is 2.83. The van der Waals surface area contributed by atoms with Crippen LogP contribution in [0.5, 0.6) is 5.75 Å². The van der Waals surface area contributed by atoms with E-state index in [0.717, 1.165) is 6.54 Å². The number of carbonyl (C=O) groups is 3. The monoisotopic (exact) mass is 394 g/mol. The van der Waals surface area contributed by atoms with Crippen LogP contribution in [0.1, 0.15) is 20.7 Å². The molecule has 2 N–H and O–H groups in total. The summed E-state index contributed by atoms with van der Waals surface area (Å²) < 4.78 is 5.23. The van der Waals surface area contributed by atoms with Crippen LogP contribution in [0.3, 0.4) is 0 Å². The predicted molar refractivity (Wildman–Crippen MR) is 113 cm³/mol.